The van der Waals surface area contributed by atoms with Gasteiger partial charge < -0.3 is 19.9 Å². The van der Waals surface area contributed by atoms with Crippen molar-refractivity contribution < 1.29 is 36.7 Å². The van der Waals surface area contributed by atoms with Gasteiger partial charge >= 0.3 is 6.18 Å². The van der Waals surface area contributed by atoms with Crippen LogP contribution in [0.3, 0.4) is 0 Å². The van der Waals surface area contributed by atoms with Crippen molar-refractivity contribution >= 4 is 23.4 Å². The Hall–Kier alpha value is -3.63. The van der Waals surface area contributed by atoms with E-state index < -0.39 is 29.2 Å². The molecule has 2 aliphatic carbocycles. The van der Waals surface area contributed by atoms with E-state index >= 15 is 0 Å². The molecule has 5 rings (SSSR count). The van der Waals surface area contributed by atoms with E-state index in [2.05, 4.69) is 5.32 Å². The Morgan fingerprint density at radius 1 is 0.830 bits per heavy atom. The topological polar surface area (TPSA) is 79.0 Å². The van der Waals surface area contributed by atoms with Crippen LogP contribution in [0, 0.1) is 17.2 Å². The van der Waals surface area contributed by atoms with Gasteiger partial charge in [0.05, 0.1) is 12.0 Å². The number of benzene rings is 2. The molecule has 0 radical (unpaired) electrons. The lowest BCUT2D eigenvalue weighted by Gasteiger charge is -2.35. The molecule has 2 aromatic rings. The minimum atomic E-state index is -4.20. The molecule has 1 N–H and O–H groups in total. The lowest BCUT2D eigenvalue weighted by atomic mass is 9.78. The molecule has 2 aromatic carbocycles. The van der Waals surface area contributed by atoms with Crippen LogP contribution >= 0.6 is 0 Å². The van der Waals surface area contributed by atoms with Gasteiger partial charge in [-0.1, -0.05) is 20.8 Å². The first-order chi connectivity index (χ1) is 22.2. The highest BCUT2D eigenvalue weighted by Crippen LogP contribution is 2.45. The Morgan fingerprint density at radius 3 is 2.00 bits per heavy atom. The van der Waals surface area contributed by atoms with E-state index in [1.54, 1.807) is 41.8 Å². The maximum atomic E-state index is 14.5. The lowest BCUT2D eigenvalue weighted by molar-refractivity contribution is -0.182. The normalized spacial score (nSPS) is 21.1. The summed E-state index contributed by atoms with van der Waals surface area (Å²) in [6.45, 7) is 6.47. The summed E-state index contributed by atoms with van der Waals surface area (Å²) in [6.07, 6.45) is 1.37. The molecule has 0 unspecified atom stereocenters. The molecule has 7 nitrogen and oxygen atoms in total. The maximum absolute atomic E-state index is 14.5. The van der Waals surface area contributed by atoms with Crippen LogP contribution in [-0.4, -0.2) is 66.0 Å². The van der Waals surface area contributed by atoms with Gasteiger partial charge in [0.25, 0.3) is 11.8 Å². The lowest BCUT2D eigenvalue weighted by Crippen LogP contribution is -2.50. The van der Waals surface area contributed by atoms with Crippen molar-refractivity contribution in [3.8, 4) is 5.75 Å². The van der Waals surface area contributed by atoms with Crippen LogP contribution < -0.4 is 10.1 Å². The van der Waals surface area contributed by atoms with Crippen molar-refractivity contribution in [3.63, 3.8) is 0 Å². The zero-order valence-electron chi connectivity index (χ0n) is 27.4. The fourth-order valence-electron chi connectivity index (χ4n) is 6.75. The highest BCUT2D eigenvalue weighted by molar-refractivity contribution is 5.99. The molecule has 2 saturated carbocycles. The summed E-state index contributed by atoms with van der Waals surface area (Å²) in [5, 5.41) is 2.71. The monoisotopic (exact) mass is 659 g/mol. The minimum absolute atomic E-state index is 0.0566. The van der Waals surface area contributed by atoms with Crippen LogP contribution in [-0.2, 0) is 4.79 Å². The summed E-state index contributed by atoms with van der Waals surface area (Å²) in [6, 6.07) is 9.09. The number of anilines is 1. The van der Waals surface area contributed by atoms with Crippen molar-refractivity contribution in [2.24, 2.45) is 11.3 Å². The number of nitrogens with one attached hydrogen (secondary N) is 1. The number of ether oxygens (including phenoxy) is 1. The summed E-state index contributed by atoms with van der Waals surface area (Å²) in [5.74, 6) is -2.29. The SMILES string of the molecule is CCC(C)(C)C(=O)Nc1cc(F)cc(C(=O)N2CCN(C(=O)c3ccc(OC4CCCC4)c(C4CCC(C(F)(F)F)CC4)c3)CC2)c1. The van der Waals surface area contributed by atoms with E-state index in [-0.39, 0.29) is 74.1 Å². The molecule has 0 atom stereocenters. The Balaban J connectivity index is 1.25. The average Bonchev–Trinajstić information content (AvgIpc) is 3.57. The van der Waals surface area contributed by atoms with Crippen LogP contribution in [0.1, 0.15) is 111 Å². The number of halogens is 4. The predicted molar refractivity (Wildman–Crippen MR) is 171 cm³/mol. The quantitative estimate of drug-likeness (QED) is 0.292. The van der Waals surface area contributed by atoms with Crippen molar-refractivity contribution in [2.45, 2.75) is 96.8 Å². The van der Waals surface area contributed by atoms with Gasteiger partial charge in [-0.3, -0.25) is 14.4 Å². The van der Waals surface area contributed by atoms with Crippen LogP contribution in [0.4, 0.5) is 23.2 Å². The molecule has 11 heteroatoms. The highest BCUT2D eigenvalue weighted by atomic mass is 19.4. The number of alkyl halides is 3. The van der Waals surface area contributed by atoms with E-state index in [0.29, 0.717) is 30.6 Å². The van der Waals surface area contributed by atoms with Crippen LogP contribution in [0.25, 0.3) is 0 Å². The van der Waals surface area contributed by atoms with Gasteiger partial charge in [-0.15, -0.1) is 0 Å². The number of hydrogen-bond donors (Lipinski definition) is 1. The predicted octanol–water partition coefficient (Wildman–Crippen LogP) is 7.96. The molecule has 47 heavy (non-hydrogen) atoms. The van der Waals surface area contributed by atoms with E-state index in [1.807, 2.05) is 6.92 Å². The molecule has 1 saturated heterocycles. The van der Waals surface area contributed by atoms with E-state index in [4.69, 9.17) is 4.74 Å². The zero-order valence-corrected chi connectivity index (χ0v) is 27.4. The first-order valence-electron chi connectivity index (χ1n) is 16.8. The van der Waals surface area contributed by atoms with Crippen LogP contribution in [0.15, 0.2) is 36.4 Å². The molecular formula is C36H45F4N3O4. The van der Waals surface area contributed by atoms with Gasteiger partial charge in [-0.25, -0.2) is 4.39 Å². The van der Waals surface area contributed by atoms with E-state index in [1.165, 1.54) is 12.1 Å². The Bertz CT molecular complexity index is 1450. The Morgan fingerprint density at radius 2 is 1.43 bits per heavy atom. The molecule has 3 amide bonds. The number of amides is 3. The molecule has 0 bridgehead atoms. The molecular weight excluding hydrogens is 614 g/mol. The molecule has 0 aromatic heterocycles. The average molecular weight is 660 g/mol. The van der Waals surface area contributed by atoms with Gasteiger partial charge in [0.1, 0.15) is 11.6 Å². The standard InChI is InChI=1S/C36H45F4N3O4/c1-4-35(2,3)34(46)41-28-20-25(19-27(37)22-28)33(45)43-17-15-42(16-18-43)32(44)24-11-14-31(47-29-7-5-6-8-29)30(21-24)23-9-12-26(13-10-23)36(38,39)40/h11,14,19-23,26,29H,4-10,12-13,15-18H2,1-3H3,(H,41,46). The smallest absolute Gasteiger partial charge is 0.391 e. The third-order valence-electron chi connectivity index (χ3n) is 10.2. The zero-order chi connectivity index (χ0) is 33.9. The van der Waals surface area contributed by atoms with Crippen molar-refractivity contribution in [1.29, 1.82) is 0 Å². The summed E-state index contributed by atoms with van der Waals surface area (Å²) >= 11 is 0. The molecule has 256 valence electrons. The fourth-order valence-corrected chi connectivity index (χ4v) is 6.75. The number of carbonyl (C=O) groups is 3. The van der Waals surface area contributed by atoms with Crippen molar-refractivity contribution in [1.82, 2.24) is 9.80 Å². The highest BCUT2D eigenvalue weighted by Gasteiger charge is 2.42. The summed E-state index contributed by atoms with van der Waals surface area (Å²) in [4.78, 5) is 42.8. The van der Waals surface area contributed by atoms with Crippen molar-refractivity contribution in [3.05, 3.63) is 58.9 Å². The second-order valence-electron chi connectivity index (χ2n) is 13.9. The maximum Gasteiger partial charge on any atom is 0.391 e. The fraction of sp³-hybridized carbons (Fsp3) is 0.583. The molecule has 0 spiro atoms. The van der Waals surface area contributed by atoms with E-state index in [0.717, 1.165) is 37.3 Å². The first-order valence-corrected chi connectivity index (χ1v) is 16.8. The van der Waals surface area contributed by atoms with Crippen molar-refractivity contribution in [2.75, 3.05) is 31.5 Å². The molecule has 1 heterocycles. The third kappa shape index (κ3) is 8.27. The van der Waals surface area contributed by atoms with E-state index in [9.17, 15) is 31.9 Å². The molecule has 3 fully saturated rings. The van der Waals surface area contributed by atoms with Gasteiger partial charge in [-0.05, 0) is 106 Å². The largest absolute Gasteiger partial charge is 0.490 e. The molecule has 1 aliphatic heterocycles. The Kier molecular flexibility index (Phi) is 10.5. The van der Waals surface area contributed by atoms with Crippen LogP contribution in [0.5, 0.6) is 5.75 Å². The molecule has 3 aliphatic rings. The number of rotatable bonds is 8. The Labute approximate surface area is 274 Å². The number of carbonyl (C=O) groups excluding carboxylic acids is 3. The van der Waals surface area contributed by atoms with Crippen LogP contribution in [0.2, 0.25) is 0 Å². The van der Waals surface area contributed by atoms with Gasteiger partial charge in [0.2, 0.25) is 5.91 Å². The second-order valence-corrected chi connectivity index (χ2v) is 13.9. The minimum Gasteiger partial charge on any atom is -0.490 e. The third-order valence-corrected chi connectivity index (χ3v) is 10.2. The first kappa shape index (κ1) is 34.7. The van der Waals surface area contributed by atoms with Gasteiger partial charge in [0.15, 0.2) is 0 Å². The second kappa shape index (κ2) is 14.2. The summed E-state index contributed by atoms with van der Waals surface area (Å²) in [5.41, 5.74) is 0.898. The number of nitrogens with zero attached hydrogens (tertiary/aromatic N) is 2. The number of hydrogen-bond acceptors (Lipinski definition) is 4. The summed E-state index contributed by atoms with van der Waals surface area (Å²) in [7, 11) is 0. The number of piperazine rings is 1. The van der Waals surface area contributed by atoms with Gasteiger partial charge in [0, 0.05) is 48.4 Å². The summed E-state index contributed by atoms with van der Waals surface area (Å²) < 4.78 is 60.9. The van der Waals surface area contributed by atoms with Gasteiger partial charge in [-0.2, -0.15) is 13.2 Å².